The summed E-state index contributed by atoms with van der Waals surface area (Å²) < 4.78 is 0. The summed E-state index contributed by atoms with van der Waals surface area (Å²) in [5, 5.41) is 39.4. The number of aliphatic carboxylic acids is 4. The number of carboxylic acid groups (broad SMARTS) is 4. The lowest BCUT2D eigenvalue weighted by Gasteiger charge is -2.20. The van der Waals surface area contributed by atoms with E-state index in [1.165, 1.54) is 38.9 Å². The molecule has 0 bridgehead atoms. The van der Waals surface area contributed by atoms with Crippen LogP contribution in [0.15, 0.2) is 30.3 Å². The van der Waals surface area contributed by atoms with Crippen molar-refractivity contribution in [3.8, 4) is 0 Å². The van der Waals surface area contributed by atoms with Crippen molar-refractivity contribution in [1.82, 2.24) is 0 Å². The Hall–Kier alpha value is -3.68. The number of carbonyl (C=O) groups is 4. The van der Waals surface area contributed by atoms with Crippen LogP contribution in [-0.4, -0.2) is 44.3 Å². The summed E-state index contributed by atoms with van der Waals surface area (Å²) in [5.74, 6) is -2.56. The number of carboxylic acids is 4. The first kappa shape index (κ1) is 45.8. The van der Waals surface area contributed by atoms with Crippen LogP contribution in [0.4, 0.5) is 0 Å². The Morgan fingerprint density at radius 2 is 0.883 bits per heavy atom. The summed E-state index contributed by atoms with van der Waals surface area (Å²) in [7, 11) is 0. The highest BCUT2D eigenvalue weighted by atomic mass is 16.4. The molecule has 4 fully saturated rings. The minimum Gasteiger partial charge on any atom is -0.481 e. The maximum Gasteiger partial charge on any atom is 0.310 e. The van der Waals surface area contributed by atoms with Crippen molar-refractivity contribution < 1.29 is 39.6 Å². The van der Waals surface area contributed by atoms with Gasteiger partial charge in [-0.25, -0.2) is 0 Å². The molecule has 4 saturated carbocycles. The second-order valence-corrected chi connectivity index (χ2v) is 20.2. The van der Waals surface area contributed by atoms with Gasteiger partial charge in [-0.1, -0.05) is 106 Å². The molecule has 8 heteroatoms. The first-order chi connectivity index (χ1) is 28.7. The van der Waals surface area contributed by atoms with Gasteiger partial charge in [0.25, 0.3) is 0 Å². The molecule has 0 aromatic heterocycles. The zero-order valence-electron chi connectivity index (χ0n) is 36.9. The smallest absolute Gasteiger partial charge is 0.310 e. The Morgan fingerprint density at radius 3 is 1.37 bits per heavy atom. The average Bonchev–Trinajstić information content (AvgIpc) is 4.01. The summed E-state index contributed by atoms with van der Waals surface area (Å²) in [6.07, 6.45) is 26.6. The molecule has 6 rings (SSSR count). The van der Waals surface area contributed by atoms with E-state index in [-0.39, 0.29) is 5.92 Å². The van der Waals surface area contributed by atoms with Crippen molar-refractivity contribution >= 4 is 23.9 Å². The molecule has 0 saturated heterocycles. The van der Waals surface area contributed by atoms with Gasteiger partial charge < -0.3 is 20.4 Å². The second kappa shape index (κ2) is 20.0. The number of unbranched alkanes of at least 4 members (excludes halogenated alkanes) is 10. The van der Waals surface area contributed by atoms with Crippen molar-refractivity contribution in [2.45, 2.75) is 206 Å². The molecule has 0 aliphatic heterocycles. The van der Waals surface area contributed by atoms with Gasteiger partial charge in [-0.2, -0.15) is 0 Å². The molecule has 4 aliphatic rings. The van der Waals surface area contributed by atoms with Crippen molar-refractivity contribution in [2.75, 3.05) is 0 Å². The molecule has 0 radical (unpaired) electrons. The maximum absolute atomic E-state index is 13.1. The Morgan fingerprint density at radius 1 is 0.467 bits per heavy atom. The van der Waals surface area contributed by atoms with Crippen LogP contribution in [0, 0.1) is 35.5 Å². The molecule has 60 heavy (non-hydrogen) atoms. The Balaban J connectivity index is 1.01. The third kappa shape index (κ3) is 11.6. The zero-order chi connectivity index (χ0) is 43.0. The number of aryl methyl sites for hydroxylation is 5. The van der Waals surface area contributed by atoms with Gasteiger partial charge in [0.05, 0.1) is 21.7 Å². The van der Waals surface area contributed by atoms with Crippen LogP contribution >= 0.6 is 0 Å². The number of rotatable bonds is 31. The lowest BCUT2D eigenvalue weighted by atomic mass is 9.85. The van der Waals surface area contributed by atoms with Crippen LogP contribution in [-0.2, 0) is 44.9 Å². The molecule has 2 atom stereocenters. The molecular formula is C52H74O8. The van der Waals surface area contributed by atoms with Crippen LogP contribution in [0.5, 0.6) is 0 Å². The Labute approximate surface area is 359 Å². The van der Waals surface area contributed by atoms with Crippen LogP contribution in [0.3, 0.4) is 0 Å². The topological polar surface area (TPSA) is 149 Å². The van der Waals surface area contributed by atoms with Crippen LogP contribution in [0.2, 0.25) is 0 Å². The minimum atomic E-state index is -0.719. The standard InChI is InChI=1S/C52H74O8/c1-37-21-22-39(40(33-37)18-9-3-5-13-23-49(27-28-49)45(53)54)17-10-8-16-26-52(48(59)60)36-44(52)43-35-38(2)34-41(19-11-7-15-25-51(31-32-51)47(57)58)42(43)20-12-4-6-14-24-50(29-30-50)46(55)56/h21-22,33-35,44H,3-20,23-32,36H2,1-2H3,(H,53,54)(H,55,56)(H,57,58)(H,59,60). The average molecular weight is 827 g/mol. The Bertz CT molecular complexity index is 1830. The Kier molecular flexibility index (Phi) is 15.3. The highest BCUT2D eigenvalue weighted by Crippen LogP contribution is 2.63. The van der Waals surface area contributed by atoms with Crippen molar-refractivity contribution in [1.29, 1.82) is 0 Å². The minimum absolute atomic E-state index is 0.0156. The van der Waals surface area contributed by atoms with Crippen LogP contribution < -0.4 is 0 Å². The summed E-state index contributed by atoms with van der Waals surface area (Å²) >= 11 is 0. The fraction of sp³-hybridized carbons (Fsp3) is 0.692. The highest BCUT2D eigenvalue weighted by Gasteiger charge is 2.60. The molecule has 0 amide bonds. The van der Waals surface area contributed by atoms with Gasteiger partial charge in [-0.15, -0.1) is 0 Å². The number of benzene rings is 2. The van der Waals surface area contributed by atoms with Gasteiger partial charge in [0.15, 0.2) is 0 Å². The van der Waals surface area contributed by atoms with Gasteiger partial charge in [0, 0.05) is 5.92 Å². The molecule has 8 nitrogen and oxygen atoms in total. The molecular weight excluding hydrogens is 753 g/mol. The van der Waals surface area contributed by atoms with Gasteiger partial charge in [0.1, 0.15) is 0 Å². The predicted octanol–water partition coefficient (Wildman–Crippen LogP) is 12.3. The first-order valence-corrected chi connectivity index (χ1v) is 23.9. The summed E-state index contributed by atoms with van der Waals surface area (Å²) in [4.78, 5) is 47.9. The quantitative estimate of drug-likeness (QED) is 0.0549. The summed E-state index contributed by atoms with van der Waals surface area (Å²) in [6.45, 7) is 4.28. The first-order valence-electron chi connectivity index (χ1n) is 23.9. The van der Waals surface area contributed by atoms with Crippen LogP contribution in [0.25, 0.3) is 0 Å². The molecule has 0 spiro atoms. The monoisotopic (exact) mass is 827 g/mol. The van der Waals surface area contributed by atoms with E-state index in [1.807, 2.05) is 0 Å². The maximum atomic E-state index is 13.1. The van der Waals surface area contributed by atoms with Gasteiger partial charge in [-0.3, -0.25) is 19.2 Å². The lowest BCUT2D eigenvalue weighted by Crippen LogP contribution is -2.18. The lowest BCUT2D eigenvalue weighted by molar-refractivity contribution is -0.144. The van der Waals surface area contributed by atoms with E-state index >= 15 is 0 Å². The normalized spacial score (nSPS) is 21.3. The van der Waals surface area contributed by atoms with E-state index in [1.54, 1.807) is 0 Å². The predicted molar refractivity (Wildman–Crippen MR) is 236 cm³/mol. The van der Waals surface area contributed by atoms with Crippen LogP contribution in [0.1, 0.15) is 205 Å². The van der Waals surface area contributed by atoms with E-state index in [2.05, 4.69) is 44.2 Å². The van der Waals surface area contributed by atoms with Gasteiger partial charge in [0.2, 0.25) is 0 Å². The molecule has 4 aliphatic carbocycles. The van der Waals surface area contributed by atoms with Crippen molar-refractivity contribution in [3.05, 3.63) is 69.3 Å². The van der Waals surface area contributed by atoms with E-state index in [4.69, 9.17) is 0 Å². The number of hydrogen-bond donors (Lipinski definition) is 4. The molecule has 2 unspecified atom stereocenters. The molecule has 330 valence electrons. The molecule has 2 aromatic rings. The van der Waals surface area contributed by atoms with Crippen molar-refractivity contribution in [2.24, 2.45) is 21.7 Å². The summed E-state index contributed by atoms with van der Waals surface area (Å²) in [6, 6.07) is 11.4. The zero-order valence-corrected chi connectivity index (χ0v) is 36.9. The fourth-order valence-corrected chi connectivity index (χ4v) is 10.6. The van der Waals surface area contributed by atoms with Gasteiger partial charge in [-0.05, 0) is 164 Å². The molecule has 4 N–H and O–H groups in total. The third-order valence-electron chi connectivity index (χ3n) is 15.5. The highest BCUT2D eigenvalue weighted by molar-refractivity contribution is 5.81. The van der Waals surface area contributed by atoms with Crippen molar-refractivity contribution in [3.63, 3.8) is 0 Å². The van der Waals surface area contributed by atoms with Gasteiger partial charge >= 0.3 is 23.9 Å². The molecule has 0 heterocycles. The second-order valence-electron chi connectivity index (χ2n) is 20.2. The summed E-state index contributed by atoms with van der Waals surface area (Å²) in [5.41, 5.74) is 7.10. The van der Waals surface area contributed by atoms with E-state index in [0.29, 0.717) is 12.8 Å². The molecule has 2 aromatic carbocycles. The van der Waals surface area contributed by atoms with E-state index < -0.39 is 45.5 Å². The number of hydrogen-bond acceptors (Lipinski definition) is 4. The fourth-order valence-electron chi connectivity index (χ4n) is 10.6. The largest absolute Gasteiger partial charge is 0.481 e. The third-order valence-corrected chi connectivity index (χ3v) is 15.5. The SMILES string of the molecule is Cc1ccc(CCCCCC2(C(=O)O)CC2c2cc(C)cc(CCCCCC3(C(=O)O)CC3)c2CCCCCCC2(C(=O)O)CC2)c(CCCCCCC2(C(=O)O)CC2)c1. The van der Waals surface area contributed by atoms with E-state index in [9.17, 15) is 39.6 Å². The van der Waals surface area contributed by atoms with E-state index in [0.717, 1.165) is 173 Å².